The average Bonchev–Trinajstić information content (AvgIpc) is 2.48. The van der Waals surface area contributed by atoms with Crippen molar-refractivity contribution < 1.29 is 14.3 Å². The van der Waals surface area contributed by atoms with Crippen molar-refractivity contribution in [3.05, 3.63) is 29.1 Å². The molecule has 0 amide bonds. The molecular weight excluding hydrogens is 266 g/mol. The molecule has 0 saturated carbocycles. The Labute approximate surface area is 127 Å². The van der Waals surface area contributed by atoms with E-state index in [4.69, 9.17) is 9.47 Å². The van der Waals surface area contributed by atoms with E-state index in [0.29, 0.717) is 18.9 Å². The molecule has 0 fully saturated rings. The Morgan fingerprint density at radius 1 is 1.14 bits per heavy atom. The first-order valence-corrected chi connectivity index (χ1v) is 7.86. The van der Waals surface area contributed by atoms with Crippen LogP contribution in [0.3, 0.4) is 0 Å². The van der Waals surface area contributed by atoms with Gasteiger partial charge in [-0.05, 0) is 32.8 Å². The third kappa shape index (κ3) is 4.73. The molecule has 0 heterocycles. The molecule has 1 aliphatic rings. The summed E-state index contributed by atoms with van der Waals surface area (Å²) in [5, 5.41) is 0. The summed E-state index contributed by atoms with van der Waals surface area (Å²) in [6.45, 7) is 11.3. The van der Waals surface area contributed by atoms with E-state index in [-0.39, 0.29) is 6.10 Å². The summed E-state index contributed by atoms with van der Waals surface area (Å²) in [5.41, 5.74) is 10.7. The minimum atomic E-state index is -0.324. The summed E-state index contributed by atoms with van der Waals surface area (Å²) in [6.07, 6.45) is 5.58. The molecule has 1 atom stereocenters. The number of hydrogen-bond donors (Lipinski definition) is 0. The van der Waals surface area contributed by atoms with Gasteiger partial charge in [0.25, 0.3) is 0 Å². The summed E-state index contributed by atoms with van der Waals surface area (Å²) >= 11 is 0. The summed E-state index contributed by atoms with van der Waals surface area (Å²) in [7, 11) is 0. The molecule has 21 heavy (non-hydrogen) atoms. The monoisotopic (exact) mass is 293 g/mol. The molecule has 0 radical (unpaired) electrons. The molecular formula is C16H27N3O2. The van der Waals surface area contributed by atoms with Gasteiger partial charge < -0.3 is 19.9 Å². The second-order valence-electron chi connectivity index (χ2n) is 4.88. The fraction of sp³-hybridized carbons (Fsp3) is 0.688. The van der Waals surface area contributed by atoms with Crippen LogP contribution < -0.4 is 0 Å². The van der Waals surface area contributed by atoms with Gasteiger partial charge in [-0.2, -0.15) is 4.79 Å². The predicted molar refractivity (Wildman–Crippen MR) is 84.0 cm³/mol. The van der Waals surface area contributed by atoms with Crippen molar-refractivity contribution in [2.45, 2.75) is 46.6 Å². The number of rotatable bonds is 9. The van der Waals surface area contributed by atoms with E-state index in [9.17, 15) is 5.53 Å². The van der Waals surface area contributed by atoms with Crippen LogP contribution in [0.1, 0.15) is 40.5 Å². The molecule has 0 aromatic rings. The van der Waals surface area contributed by atoms with Crippen molar-refractivity contribution in [1.29, 1.82) is 0 Å². The Morgan fingerprint density at radius 3 is 2.29 bits per heavy atom. The van der Waals surface area contributed by atoms with Gasteiger partial charge in [0.2, 0.25) is 0 Å². The van der Waals surface area contributed by atoms with Crippen molar-refractivity contribution in [3.8, 4) is 0 Å². The highest BCUT2D eigenvalue weighted by Gasteiger charge is 2.30. The van der Waals surface area contributed by atoms with E-state index in [1.165, 1.54) is 0 Å². The summed E-state index contributed by atoms with van der Waals surface area (Å²) < 4.78 is 11.4. The van der Waals surface area contributed by atoms with Gasteiger partial charge in [0.1, 0.15) is 5.76 Å². The second kappa shape index (κ2) is 9.37. The lowest BCUT2D eigenvalue weighted by Crippen LogP contribution is -2.33. The van der Waals surface area contributed by atoms with Gasteiger partial charge in [0.15, 0.2) is 6.10 Å². The maximum absolute atomic E-state index is 9.17. The maximum atomic E-state index is 9.17. The van der Waals surface area contributed by atoms with Gasteiger partial charge in [-0.25, -0.2) is 0 Å². The predicted octanol–water partition coefficient (Wildman–Crippen LogP) is 3.00. The highest BCUT2D eigenvalue weighted by molar-refractivity contribution is 5.97. The smallest absolute Gasteiger partial charge is 0.328 e. The Morgan fingerprint density at radius 2 is 1.81 bits per heavy atom. The Bertz CT molecular complexity index is 431. The van der Waals surface area contributed by atoms with Crippen molar-refractivity contribution in [3.63, 3.8) is 0 Å². The fourth-order valence-electron chi connectivity index (χ4n) is 2.43. The molecule has 5 nitrogen and oxygen atoms in total. The number of nitrogens with zero attached hydrogens (tertiary/aromatic N) is 3. The lowest BCUT2D eigenvalue weighted by molar-refractivity contribution is -0.0226. The normalized spacial score (nSPS) is 17.9. The first-order valence-electron chi connectivity index (χ1n) is 7.86. The van der Waals surface area contributed by atoms with Gasteiger partial charge in [-0.15, -0.1) is 0 Å². The van der Waals surface area contributed by atoms with E-state index in [1.54, 1.807) is 6.08 Å². The SMILES string of the molecule is CCCN(CCC)C1=CC(OCC)C(=[N+]=[N-])C=C1OCC. The Hall–Kier alpha value is -1.58. The Balaban J connectivity index is 3.13. The first-order chi connectivity index (χ1) is 10.2. The Kier molecular flexibility index (Phi) is 7.80. The summed E-state index contributed by atoms with van der Waals surface area (Å²) in [4.78, 5) is 5.65. The van der Waals surface area contributed by atoms with Crippen LogP contribution in [-0.2, 0) is 9.47 Å². The van der Waals surface area contributed by atoms with Crippen molar-refractivity contribution in [2.75, 3.05) is 26.3 Å². The lowest BCUT2D eigenvalue weighted by atomic mass is 10.0. The molecule has 0 aliphatic heterocycles. The molecule has 0 aromatic carbocycles. The van der Waals surface area contributed by atoms with E-state index in [1.807, 2.05) is 19.9 Å². The number of ether oxygens (including phenoxy) is 2. The summed E-state index contributed by atoms with van der Waals surface area (Å²) in [5.74, 6) is 0.753. The lowest BCUT2D eigenvalue weighted by Gasteiger charge is -2.30. The summed E-state index contributed by atoms with van der Waals surface area (Å²) in [6, 6.07) is 0. The molecule has 1 unspecified atom stereocenters. The van der Waals surface area contributed by atoms with E-state index in [2.05, 4.69) is 23.5 Å². The molecule has 0 N–H and O–H groups in total. The van der Waals surface area contributed by atoms with E-state index >= 15 is 0 Å². The minimum absolute atomic E-state index is 0.324. The largest absolute Gasteiger partial charge is 0.491 e. The minimum Gasteiger partial charge on any atom is -0.491 e. The quantitative estimate of drug-likeness (QED) is 0.485. The van der Waals surface area contributed by atoms with Crippen LogP contribution in [0.4, 0.5) is 0 Å². The average molecular weight is 293 g/mol. The number of hydrogen-bond acceptors (Lipinski definition) is 3. The molecule has 0 aromatic heterocycles. The fourth-order valence-corrected chi connectivity index (χ4v) is 2.43. The van der Waals surface area contributed by atoms with Crippen LogP contribution in [0.15, 0.2) is 23.6 Å². The van der Waals surface area contributed by atoms with Crippen LogP contribution in [-0.4, -0.2) is 47.8 Å². The zero-order valence-electron chi connectivity index (χ0n) is 13.6. The van der Waals surface area contributed by atoms with Gasteiger partial charge >= 0.3 is 5.71 Å². The van der Waals surface area contributed by atoms with Gasteiger partial charge in [-0.1, -0.05) is 13.8 Å². The van der Waals surface area contributed by atoms with Crippen LogP contribution in [0, 0.1) is 0 Å². The zero-order chi connectivity index (χ0) is 15.7. The first kappa shape index (κ1) is 17.5. The van der Waals surface area contributed by atoms with Gasteiger partial charge in [0.05, 0.1) is 18.4 Å². The topological polar surface area (TPSA) is 58.1 Å². The molecule has 118 valence electrons. The zero-order valence-corrected chi connectivity index (χ0v) is 13.6. The molecule has 0 saturated heterocycles. The molecule has 1 aliphatic carbocycles. The van der Waals surface area contributed by atoms with Crippen molar-refractivity contribution in [1.82, 2.24) is 4.90 Å². The van der Waals surface area contributed by atoms with Crippen LogP contribution >= 0.6 is 0 Å². The highest BCUT2D eigenvalue weighted by Crippen LogP contribution is 2.24. The van der Waals surface area contributed by atoms with Crippen molar-refractivity contribution >= 4 is 5.71 Å². The second-order valence-corrected chi connectivity index (χ2v) is 4.88. The van der Waals surface area contributed by atoms with E-state index in [0.717, 1.165) is 37.4 Å². The maximum Gasteiger partial charge on any atom is 0.328 e. The molecule has 0 bridgehead atoms. The van der Waals surface area contributed by atoms with Crippen molar-refractivity contribution in [2.24, 2.45) is 0 Å². The standard InChI is InChI=1S/C16H27N3O2/c1-5-9-19(10-6-2)14-12-15(20-7-3)13(18-17)11-16(14)21-8-4/h11-12,15H,5-10H2,1-4H3. The third-order valence-electron chi connectivity index (χ3n) is 3.22. The van der Waals surface area contributed by atoms with E-state index < -0.39 is 0 Å². The molecule has 0 spiro atoms. The highest BCUT2D eigenvalue weighted by atomic mass is 16.5. The van der Waals surface area contributed by atoms with Crippen LogP contribution in [0.2, 0.25) is 0 Å². The van der Waals surface area contributed by atoms with Gasteiger partial charge in [0, 0.05) is 19.7 Å². The van der Waals surface area contributed by atoms with Gasteiger partial charge in [-0.3, -0.25) is 0 Å². The molecule has 5 heteroatoms. The van der Waals surface area contributed by atoms with Crippen LogP contribution in [0.5, 0.6) is 0 Å². The third-order valence-corrected chi connectivity index (χ3v) is 3.22. The van der Waals surface area contributed by atoms with Crippen LogP contribution in [0.25, 0.3) is 5.53 Å². The molecule has 1 rings (SSSR count).